The second-order valence-corrected chi connectivity index (χ2v) is 2.31. The van der Waals surface area contributed by atoms with Crippen LogP contribution in [0, 0.1) is 0 Å². The molecule has 0 aromatic carbocycles. The van der Waals surface area contributed by atoms with Crippen molar-refractivity contribution in [3.63, 3.8) is 0 Å². The van der Waals surface area contributed by atoms with Crippen LogP contribution < -0.4 is 5.73 Å². The maximum absolute atomic E-state index is 10.9. The predicted octanol–water partition coefficient (Wildman–Crippen LogP) is -0.0123. The highest BCUT2D eigenvalue weighted by Crippen LogP contribution is 2.06. The van der Waals surface area contributed by atoms with Crippen LogP contribution in [0.15, 0.2) is 0 Å². The van der Waals surface area contributed by atoms with Crippen LogP contribution in [-0.4, -0.2) is 29.9 Å². The van der Waals surface area contributed by atoms with Crippen LogP contribution in [0.2, 0.25) is 0 Å². The fraction of sp³-hybridized carbons (Fsp3) is 0.833. The molecule has 0 aromatic heterocycles. The number of likely N-dealkylation sites (tertiary alicyclic amines) is 1. The van der Waals surface area contributed by atoms with Gasteiger partial charge in [0, 0.05) is 13.1 Å². The molecule has 0 saturated carbocycles. The van der Waals surface area contributed by atoms with Gasteiger partial charge in [-0.15, -0.1) is 12.4 Å². The Morgan fingerprint density at radius 1 is 1.80 bits per heavy atom. The first-order valence-electron chi connectivity index (χ1n) is 3.30. The van der Waals surface area contributed by atoms with E-state index in [0.717, 1.165) is 19.5 Å². The fourth-order valence-electron chi connectivity index (χ4n) is 1.08. The lowest BCUT2D eigenvalue weighted by atomic mass is 10.3. The predicted molar refractivity (Wildman–Crippen MR) is 42.1 cm³/mol. The van der Waals surface area contributed by atoms with Crippen molar-refractivity contribution in [2.45, 2.75) is 19.4 Å². The van der Waals surface area contributed by atoms with E-state index in [9.17, 15) is 4.79 Å². The summed E-state index contributed by atoms with van der Waals surface area (Å²) >= 11 is 0. The first kappa shape index (κ1) is 9.72. The molecule has 0 aromatic rings. The summed E-state index contributed by atoms with van der Waals surface area (Å²) in [5, 5.41) is 0. The number of carbonyl (C=O) groups excluding carboxylic acids is 1. The highest BCUT2D eigenvalue weighted by Gasteiger charge is 2.26. The molecular formula is C6H13ClN2O. The summed E-state index contributed by atoms with van der Waals surface area (Å²) in [5.74, 6) is 0.109. The fourth-order valence-corrected chi connectivity index (χ4v) is 1.08. The minimum atomic E-state index is -0.218. The molecular weight excluding hydrogens is 152 g/mol. The van der Waals surface area contributed by atoms with Gasteiger partial charge in [-0.1, -0.05) is 0 Å². The van der Waals surface area contributed by atoms with Gasteiger partial charge in [0.2, 0.25) is 5.91 Å². The first-order valence-corrected chi connectivity index (χ1v) is 3.30. The third-order valence-corrected chi connectivity index (χ3v) is 1.72. The van der Waals surface area contributed by atoms with Gasteiger partial charge >= 0.3 is 0 Å². The van der Waals surface area contributed by atoms with Gasteiger partial charge in [0.1, 0.15) is 0 Å². The van der Waals surface area contributed by atoms with Crippen LogP contribution in [0.1, 0.15) is 13.3 Å². The molecule has 1 unspecified atom stereocenters. The molecule has 0 spiro atoms. The Morgan fingerprint density at radius 2 is 2.40 bits per heavy atom. The first-order chi connectivity index (χ1) is 4.25. The Kier molecular flexibility index (Phi) is 3.68. The molecule has 0 aliphatic carbocycles. The molecule has 1 amide bonds. The molecule has 2 N–H and O–H groups in total. The topological polar surface area (TPSA) is 46.3 Å². The minimum absolute atomic E-state index is 0. The van der Waals surface area contributed by atoms with E-state index in [1.54, 1.807) is 4.90 Å². The van der Waals surface area contributed by atoms with Crippen LogP contribution in [0.25, 0.3) is 0 Å². The van der Waals surface area contributed by atoms with Crippen molar-refractivity contribution in [3.05, 3.63) is 0 Å². The molecule has 3 nitrogen and oxygen atoms in total. The summed E-state index contributed by atoms with van der Waals surface area (Å²) in [4.78, 5) is 12.7. The summed E-state index contributed by atoms with van der Waals surface area (Å²) in [6, 6.07) is -0.218. The van der Waals surface area contributed by atoms with Gasteiger partial charge in [-0.05, 0) is 13.3 Å². The van der Waals surface area contributed by atoms with Crippen LogP contribution >= 0.6 is 12.4 Å². The largest absolute Gasteiger partial charge is 0.342 e. The van der Waals surface area contributed by atoms with Gasteiger partial charge in [-0.2, -0.15) is 0 Å². The molecule has 1 rings (SSSR count). The Labute approximate surface area is 67.0 Å². The second-order valence-electron chi connectivity index (χ2n) is 2.31. The molecule has 60 valence electrons. The highest BCUT2D eigenvalue weighted by molar-refractivity contribution is 5.85. The SMILES string of the molecule is CCN1CCC(N)C1=O.Cl. The van der Waals surface area contributed by atoms with Gasteiger partial charge in [0.25, 0.3) is 0 Å². The van der Waals surface area contributed by atoms with E-state index in [1.165, 1.54) is 0 Å². The zero-order valence-electron chi connectivity index (χ0n) is 6.04. The van der Waals surface area contributed by atoms with Gasteiger partial charge in [-0.25, -0.2) is 0 Å². The van der Waals surface area contributed by atoms with Crippen LogP contribution in [0.4, 0.5) is 0 Å². The molecule has 1 saturated heterocycles. The molecule has 1 aliphatic rings. The number of likely N-dealkylation sites (N-methyl/N-ethyl adjacent to an activating group) is 1. The van der Waals surface area contributed by atoms with Crippen molar-refractivity contribution in [2.24, 2.45) is 5.73 Å². The average Bonchev–Trinajstić information content (AvgIpc) is 2.15. The molecule has 1 heterocycles. The number of halogens is 1. The number of rotatable bonds is 1. The number of nitrogens with two attached hydrogens (primary N) is 1. The number of hydrogen-bond donors (Lipinski definition) is 1. The maximum Gasteiger partial charge on any atom is 0.239 e. The van der Waals surface area contributed by atoms with Gasteiger partial charge in [0.05, 0.1) is 6.04 Å². The van der Waals surface area contributed by atoms with Crippen molar-refractivity contribution in [1.82, 2.24) is 4.90 Å². The number of carbonyl (C=O) groups is 1. The van der Waals surface area contributed by atoms with E-state index >= 15 is 0 Å². The molecule has 0 bridgehead atoms. The number of amides is 1. The Balaban J connectivity index is 0.000000810. The standard InChI is InChI=1S/C6H12N2O.ClH/c1-2-8-4-3-5(7)6(8)9;/h5H,2-4,7H2,1H3;1H. The summed E-state index contributed by atoms with van der Waals surface area (Å²) in [5.41, 5.74) is 5.45. The van der Waals surface area contributed by atoms with Crippen molar-refractivity contribution >= 4 is 18.3 Å². The second kappa shape index (κ2) is 3.78. The van der Waals surface area contributed by atoms with E-state index in [0.29, 0.717) is 0 Å². The van der Waals surface area contributed by atoms with Crippen molar-refractivity contribution < 1.29 is 4.79 Å². The quantitative estimate of drug-likeness (QED) is 0.593. The van der Waals surface area contributed by atoms with Crippen LogP contribution in [0.5, 0.6) is 0 Å². The average molecular weight is 165 g/mol. The normalized spacial score (nSPS) is 24.8. The molecule has 4 heteroatoms. The van der Waals surface area contributed by atoms with Crippen LogP contribution in [0.3, 0.4) is 0 Å². The van der Waals surface area contributed by atoms with Crippen molar-refractivity contribution in [2.75, 3.05) is 13.1 Å². The van der Waals surface area contributed by atoms with Crippen molar-refractivity contribution in [3.8, 4) is 0 Å². The molecule has 1 atom stereocenters. The van der Waals surface area contributed by atoms with Gasteiger partial charge < -0.3 is 10.6 Å². The van der Waals surface area contributed by atoms with Crippen molar-refractivity contribution in [1.29, 1.82) is 0 Å². The summed E-state index contributed by atoms with van der Waals surface area (Å²) in [6.07, 6.45) is 0.826. The van der Waals surface area contributed by atoms with Crippen LogP contribution in [-0.2, 0) is 4.79 Å². The van der Waals surface area contributed by atoms with E-state index in [-0.39, 0.29) is 24.4 Å². The lowest BCUT2D eigenvalue weighted by molar-refractivity contribution is -0.128. The Bertz CT molecular complexity index is 129. The lowest BCUT2D eigenvalue weighted by Crippen LogP contribution is -2.33. The van der Waals surface area contributed by atoms with E-state index in [2.05, 4.69) is 0 Å². The molecule has 0 radical (unpaired) electrons. The zero-order chi connectivity index (χ0) is 6.85. The van der Waals surface area contributed by atoms with Gasteiger partial charge in [-0.3, -0.25) is 4.79 Å². The van der Waals surface area contributed by atoms with E-state index < -0.39 is 0 Å². The summed E-state index contributed by atoms with van der Waals surface area (Å²) < 4.78 is 0. The zero-order valence-corrected chi connectivity index (χ0v) is 6.86. The number of hydrogen-bond acceptors (Lipinski definition) is 2. The molecule has 10 heavy (non-hydrogen) atoms. The van der Waals surface area contributed by atoms with E-state index in [1.807, 2.05) is 6.92 Å². The Hall–Kier alpha value is -0.280. The maximum atomic E-state index is 10.9. The lowest BCUT2D eigenvalue weighted by Gasteiger charge is -2.11. The third kappa shape index (κ3) is 1.61. The molecule has 1 fully saturated rings. The summed E-state index contributed by atoms with van der Waals surface area (Å²) in [7, 11) is 0. The number of nitrogens with zero attached hydrogens (tertiary/aromatic N) is 1. The summed E-state index contributed by atoms with van der Waals surface area (Å²) in [6.45, 7) is 3.61. The third-order valence-electron chi connectivity index (χ3n) is 1.72. The van der Waals surface area contributed by atoms with Gasteiger partial charge in [0.15, 0.2) is 0 Å². The minimum Gasteiger partial charge on any atom is -0.342 e. The van der Waals surface area contributed by atoms with E-state index in [4.69, 9.17) is 5.73 Å². The Morgan fingerprint density at radius 3 is 2.60 bits per heavy atom. The molecule has 1 aliphatic heterocycles. The smallest absolute Gasteiger partial charge is 0.239 e. The highest BCUT2D eigenvalue weighted by atomic mass is 35.5. The monoisotopic (exact) mass is 164 g/mol.